The van der Waals surface area contributed by atoms with Gasteiger partial charge in [-0.2, -0.15) is 0 Å². The highest BCUT2D eigenvalue weighted by atomic mass is 19.2. The smallest absolute Gasteiger partial charge is 0.182 e. The molecule has 92 valence electrons. The van der Waals surface area contributed by atoms with Crippen molar-refractivity contribution in [1.82, 2.24) is 0 Å². The van der Waals surface area contributed by atoms with Gasteiger partial charge in [0.25, 0.3) is 0 Å². The van der Waals surface area contributed by atoms with E-state index in [1.54, 1.807) is 12.1 Å². The van der Waals surface area contributed by atoms with Gasteiger partial charge < -0.3 is 10.6 Å². The van der Waals surface area contributed by atoms with Crippen molar-refractivity contribution in [2.45, 2.75) is 19.9 Å². The highest BCUT2D eigenvalue weighted by Gasteiger charge is 2.18. The largest absolute Gasteiger partial charge is 0.365 e. The van der Waals surface area contributed by atoms with E-state index in [0.29, 0.717) is 12.2 Å². The first-order valence-electron chi connectivity index (χ1n) is 5.71. The van der Waals surface area contributed by atoms with E-state index in [9.17, 15) is 8.78 Å². The van der Waals surface area contributed by atoms with Crippen molar-refractivity contribution in [3.8, 4) is 0 Å². The Morgan fingerprint density at radius 3 is 2.65 bits per heavy atom. The number of nitrogens with two attached hydrogens (primary N) is 1. The fraction of sp³-hybridized carbons (Fsp3) is 0.385. The van der Waals surface area contributed by atoms with Crippen molar-refractivity contribution < 1.29 is 8.78 Å². The molecule has 2 rings (SSSR count). The third kappa shape index (κ3) is 2.31. The van der Waals surface area contributed by atoms with Crippen LogP contribution >= 0.6 is 0 Å². The van der Waals surface area contributed by atoms with Crippen molar-refractivity contribution >= 4 is 5.69 Å². The molecule has 0 amide bonds. The van der Waals surface area contributed by atoms with Crippen LogP contribution in [0.5, 0.6) is 0 Å². The maximum atomic E-state index is 13.8. The van der Waals surface area contributed by atoms with Gasteiger partial charge in [0.2, 0.25) is 0 Å². The van der Waals surface area contributed by atoms with Crippen molar-refractivity contribution in [2.24, 2.45) is 5.73 Å². The first-order chi connectivity index (χ1) is 8.13. The van der Waals surface area contributed by atoms with Crippen LogP contribution in [0.2, 0.25) is 0 Å². The Kier molecular flexibility index (Phi) is 3.43. The molecule has 1 aromatic rings. The molecule has 0 radical (unpaired) electrons. The monoisotopic (exact) mass is 238 g/mol. The predicted octanol–water partition coefficient (Wildman–Crippen LogP) is 2.58. The van der Waals surface area contributed by atoms with Gasteiger partial charge in [-0.05, 0) is 19.4 Å². The summed E-state index contributed by atoms with van der Waals surface area (Å²) in [5.74, 6) is -1.61. The zero-order valence-corrected chi connectivity index (χ0v) is 9.84. The molecule has 2 nitrogen and oxygen atoms in total. The third-order valence-electron chi connectivity index (χ3n) is 3.14. The molecular formula is C13H16F2N2. The van der Waals surface area contributed by atoms with Crippen LogP contribution in [0.3, 0.4) is 0 Å². The molecular weight excluding hydrogens is 222 g/mol. The Labute approximate surface area is 99.7 Å². The second kappa shape index (κ2) is 4.84. The molecule has 1 aliphatic rings. The van der Waals surface area contributed by atoms with E-state index in [1.165, 1.54) is 5.57 Å². The van der Waals surface area contributed by atoms with Crippen LogP contribution in [0.25, 0.3) is 0 Å². The molecule has 0 aromatic heterocycles. The Morgan fingerprint density at radius 2 is 2.06 bits per heavy atom. The van der Waals surface area contributed by atoms with Crippen molar-refractivity contribution in [3.63, 3.8) is 0 Å². The minimum absolute atomic E-state index is 0.0159. The molecule has 2 N–H and O–H groups in total. The molecule has 1 aromatic carbocycles. The summed E-state index contributed by atoms with van der Waals surface area (Å²) >= 11 is 0. The molecule has 4 heteroatoms. The fourth-order valence-electron chi connectivity index (χ4n) is 1.97. The summed E-state index contributed by atoms with van der Waals surface area (Å²) in [7, 11) is 0. The number of rotatable bonds is 2. The summed E-state index contributed by atoms with van der Waals surface area (Å²) in [6.45, 7) is 3.42. The van der Waals surface area contributed by atoms with E-state index in [0.717, 1.165) is 13.0 Å². The minimum atomic E-state index is -0.823. The number of halogens is 2. The first-order valence-corrected chi connectivity index (χ1v) is 5.71. The molecule has 0 atom stereocenters. The quantitative estimate of drug-likeness (QED) is 0.802. The van der Waals surface area contributed by atoms with Gasteiger partial charge in [-0.15, -0.1) is 0 Å². The predicted molar refractivity (Wildman–Crippen MR) is 64.8 cm³/mol. The van der Waals surface area contributed by atoms with Crippen LogP contribution in [0.4, 0.5) is 14.5 Å². The zero-order valence-electron chi connectivity index (χ0n) is 9.84. The summed E-state index contributed by atoms with van der Waals surface area (Å²) in [6, 6.07) is 3.16. The van der Waals surface area contributed by atoms with Gasteiger partial charge in [-0.25, -0.2) is 8.78 Å². The van der Waals surface area contributed by atoms with Gasteiger partial charge in [-0.3, -0.25) is 0 Å². The van der Waals surface area contributed by atoms with Gasteiger partial charge in [0.15, 0.2) is 11.6 Å². The normalized spacial score (nSPS) is 16.0. The van der Waals surface area contributed by atoms with Crippen LogP contribution in [-0.2, 0) is 6.54 Å². The van der Waals surface area contributed by atoms with Crippen LogP contribution in [0.15, 0.2) is 23.8 Å². The molecule has 0 saturated heterocycles. The van der Waals surface area contributed by atoms with Gasteiger partial charge >= 0.3 is 0 Å². The Balaban J connectivity index is 2.31. The van der Waals surface area contributed by atoms with Gasteiger partial charge in [0, 0.05) is 25.2 Å². The first kappa shape index (κ1) is 12.0. The van der Waals surface area contributed by atoms with E-state index in [-0.39, 0.29) is 12.1 Å². The molecule has 0 saturated carbocycles. The third-order valence-corrected chi connectivity index (χ3v) is 3.14. The van der Waals surface area contributed by atoms with Crippen LogP contribution in [0, 0.1) is 11.6 Å². The lowest BCUT2D eigenvalue weighted by molar-refractivity contribution is 0.497. The second-order valence-corrected chi connectivity index (χ2v) is 4.32. The van der Waals surface area contributed by atoms with Crippen molar-refractivity contribution in [2.75, 3.05) is 18.0 Å². The number of hydrogen-bond acceptors (Lipinski definition) is 2. The molecule has 0 unspecified atom stereocenters. The number of nitrogens with zero attached hydrogens (tertiary/aromatic N) is 1. The van der Waals surface area contributed by atoms with Crippen molar-refractivity contribution in [1.29, 1.82) is 0 Å². The van der Waals surface area contributed by atoms with Gasteiger partial charge in [0.05, 0.1) is 5.69 Å². The van der Waals surface area contributed by atoms with Crippen LogP contribution < -0.4 is 10.6 Å². The Morgan fingerprint density at radius 1 is 1.29 bits per heavy atom. The van der Waals surface area contributed by atoms with Gasteiger partial charge in [0.1, 0.15) is 0 Å². The Hall–Kier alpha value is -1.42. The topological polar surface area (TPSA) is 29.3 Å². The lowest BCUT2D eigenvalue weighted by Gasteiger charge is -2.28. The fourth-order valence-corrected chi connectivity index (χ4v) is 1.97. The average Bonchev–Trinajstić information content (AvgIpc) is 2.34. The molecule has 0 fully saturated rings. The number of benzene rings is 1. The molecule has 0 bridgehead atoms. The molecule has 0 aliphatic carbocycles. The molecule has 1 aliphatic heterocycles. The second-order valence-electron chi connectivity index (χ2n) is 4.32. The van der Waals surface area contributed by atoms with E-state index in [1.807, 2.05) is 17.9 Å². The van der Waals surface area contributed by atoms with Crippen molar-refractivity contribution in [3.05, 3.63) is 41.0 Å². The minimum Gasteiger partial charge on any atom is -0.365 e. The Bertz CT molecular complexity index is 455. The van der Waals surface area contributed by atoms with Gasteiger partial charge in [-0.1, -0.05) is 17.7 Å². The number of hydrogen-bond donors (Lipinski definition) is 1. The summed E-state index contributed by atoms with van der Waals surface area (Å²) in [5.41, 5.74) is 7.17. The molecule has 17 heavy (non-hydrogen) atoms. The van der Waals surface area contributed by atoms with E-state index in [2.05, 4.69) is 0 Å². The highest BCUT2D eigenvalue weighted by Crippen LogP contribution is 2.26. The van der Waals surface area contributed by atoms with E-state index >= 15 is 0 Å². The highest BCUT2D eigenvalue weighted by molar-refractivity contribution is 5.51. The molecule has 1 heterocycles. The van der Waals surface area contributed by atoms with E-state index in [4.69, 9.17) is 5.73 Å². The SMILES string of the molecule is CC1=CCN(c2ccc(CN)c(F)c2F)CC1. The average molecular weight is 238 g/mol. The molecule has 0 spiro atoms. The lowest BCUT2D eigenvalue weighted by atomic mass is 10.1. The zero-order chi connectivity index (χ0) is 12.4. The summed E-state index contributed by atoms with van der Waals surface area (Å²) in [5, 5.41) is 0. The standard InChI is InChI=1S/C13H16F2N2/c1-9-4-6-17(7-5-9)11-3-2-10(8-16)12(14)13(11)15/h2-4H,5-8,16H2,1H3. The number of anilines is 1. The van der Waals surface area contributed by atoms with E-state index < -0.39 is 11.6 Å². The summed E-state index contributed by atoms with van der Waals surface area (Å²) in [6.07, 6.45) is 2.93. The maximum absolute atomic E-state index is 13.8. The summed E-state index contributed by atoms with van der Waals surface area (Å²) < 4.78 is 27.4. The van der Waals surface area contributed by atoms with Crippen LogP contribution in [0.1, 0.15) is 18.9 Å². The van der Waals surface area contributed by atoms with Crippen LogP contribution in [-0.4, -0.2) is 13.1 Å². The maximum Gasteiger partial charge on any atom is 0.182 e. The lowest BCUT2D eigenvalue weighted by Crippen LogP contribution is -2.29. The summed E-state index contributed by atoms with van der Waals surface area (Å²) in [4.78, 5) is 1.84.